The molecule has 0 spiro atoms. The van der Waals surface area contributed by atoms with Crippen molar-refractivity contribution in [1.29, 1.82) is 5.26 Å². The average Bonchev–Trinajstić information content (AvgIpc) is 2.93. The number of nitrogens with zero attached hydrogens (tertiary/aromatic N) is 1. The number of hydrogen-bond acceptors (Lipinski definition) is 1. The van der Waals surface area contributed by atoms with Gasteiger partial charge in [0.1, 0.15) is 0 Å². The van der Waals surface area contributed by atoms with Crippen LogP contribution >= 0.6 is 0 Å². The maximum Gasteiger partial charge on any atom is 0.0832 e. The van der Waals surface area contributed by atoms with E-state index < -0.39 is 0 Å². The summed E-state index contributed by atoms with van der Waals surface area (Å²) >= 11 is 0. The molecule has 3 aliphatic carbocycles. The zero-order valence-electron chi connectivity index (χ0n) is 9.80. The first-order valence-electron chi connectivity index (χ1n) is 6.48. The molecule has 2 aromatic carbocycles. The van der Waals surface area contributed by atoms with Crippen LogP contribution in [0.25, 0.3) is 0 Å². The molecule has 3 aliphatic rings. The minimum Gasteiger partial charge on any atom is -0.198 e. The molecule has 2 aromatic rings. The third kappa shape index (κ3) is 0.671. The van der Waals surface area contributed by atoms with Gasteiger partial charge < -0.3 is 0 Å². The largest absolute Gasteiger partial charge is 0.198 e. The first-order valence-corrected chi connectivity index (χ1v) is 6.48. The summed E-state index contributed by atoms with van der Waals surface area (Å²) in [6.45, 7) is 0. The van der Waals surface area contributed by atoms with Crippen LogP contribution in [0.3, 0.4) is 0 Å². The maximum absolute atomic E-state index is 9.74. The van der Waals surface area contributed by atoms with Crippen molar-refractivity contribution in [2.75, 3.05) is 0 Å². The molecule has 2 atom stereocenters. The highest BCUT2D eigenvalue weighted by atomic mass is 14.8. The van der Waals surface area contributed by atoms with Crippen LogP contribution in [0.5, 0.6) is 0 Å². The smallest absolute Gasteiger partial charge is 0.0832 e. The summed E-state index contributed by atoms with van der Waals surface area (Å²) in [5, 5.41) is 9.74. The second kappa shape index (κ2) is 2.52. The molecule has 84 valence electrons. The molecule has 0 saturated heterocycles. The number of benzene rings is 2. The van der Waals surface area contributed by atoms with Crippen LogP contribution < -0.4 is 0 Å². The first-order chi connectivity index (χ1) is 8.89. The molecule has 1 saturated carbocycles. The predicted molar refractivity (Wildman–Crippen MR) is 68.3 cm³/mol. The van der Waals surface area contributed by atoms with Crippen molar-refractivity contribution >= 4 is 0 Å². The Morgan fingerprint density at radius 3 is 1.67 bits per heavy atom. The summed E-state index contributed by atoms with van der Waals surface area (Å²) in [6.07, 6.45) is 0. The molecule has 1 fully saturated rings. The molecule has 18 heavy (non-hydrogen) atoms. The van der Waals surface area contributed by atoms with Crippen LogP contribution in [0.15, 0.2) is 48.5 Å². The fourth-order valence-electron chi connectivity index (χ4n) is 4.64. The summed E-state index contributed by atoms with van der Waals surface area (Å²) in [5.74, 6) is 1.24. The molecule has 1 heteroatoms. The average molecular weight is 229 g/mol. The van der Waals surface area contributed by atoms with E-state index in [0.29, 0.717) is 17.8 Å². The van der Waals surface area contributed by atoms with E-state index in [1.54, 1.807) is 0 Å². The lowest BCUT2D eigenvalue weighted by Crippen LogP contribution is -2.07. The first kappa shape index (κ1) is 8.94. The van der Waals surface area contributed by atoms with E-state index in [0.717, 1.165) is 0 Å². The highest BCUT2D eigenvalue weighted by Gasteiger charge is 2.78. The Morgan fingerprint density at radius 2 is 1.22 bits per heavy atom. The van der Waals surface area contributed by atoms with Crippen molar-refractivity contribution in [3.63, 3.8) is 0 Å². The predicted octanol–water partition coefficient (Wildman–Crippen LogP) is 3.54. The quantitative estimate of drug-likeness (QED) is 0.678. The summed E-state index contributed by atoms with van der Waals surface area (Å²) in [7, 11) is 0. The van der Waals surface area contributed by atoms with Crippen LogP contribution in [0.1, 0.15) is 40.0 Å². The fourth-order valence-corrected chi connectivity index (χ4v) is 4.64. The lowest BCUT2D eigenvalue weighted by Gasteiger charge is -2.15. The molecule has 0 aliphatic heterocycles. The molecular formula is C17H11N. The van der Waals surface area contributed by atoms with Gasteiger partial charge in [-0.05, 0) is 22.3 Å². The van der Waals surface area contributed by atoms with Crippen LogP contribution in [-0.2, 0) is 0 Å². The van der Waals surface area contributed by atoms with Crippen LogP contribution in [-0.4, -0.2) is 0 Å². The number of fused-ring (bicyclic) bond motifs is 7. The van der Waals surface area contributed by atoms with Crippen molar-refractivity contribution in [2.45, 2.75) is 17.8 Å². The lowest BCUT2D eigenvalue weighted by molar-refractivity contribution is 0.603. The molecule has 1 nitrogen and oxygen atoms in total. The van der Waals surface area contributed by atoms with Crippen LogP contribution in [0.4, 0.5) is 0 Å². The van der Waals surface area contributed by atoms with Gasteiger partial charge in [0.2, 0.25) is 0 Å². The zero-order valence-corrected chi connectivity index (χ0v) is 9.80. The Labute approximate surface area is 106 Å². The fraction of sp³-hybridized carbons (Fsp3) is 0.235. The van der Waals surface area contributed by atoms with Gasteiger partial charge in [0, 0.05) is 17.8 Å². The molecule has 0 amide bonds. The van der Waals surface area contributed by atoms with E-state index in [9.17, 15) is 5.26 Å². The molecule has 0 bridgehead atoms. The van der Waals surface area contributed by atoms with Gasteiger partial charge >= 0.3 is 0 Å². The van der Waals surface area contributed by atoms with Crippen molar-refractivity contribution in [2.24, 2.45) is 5.41 Å². The Hall–Kier alpha value is -2.07. The minimum atomic E-state index is -0.145. The van der Waals surface area contributed by atoms with E-state index in [1.807, 2.05) is 0 Å². The van der Waals surface area contributed by atoms with Gasteiger partial charge in [-0.15, -0.1) is 0 Å². The highest BCUT2D eigenvalue weighted by molar-refractivity contribution is 5.70. The summed E-state index contributed by atoms with van der Waals surface area (Å²) in [6, 6.07) is 20.0. The zero-order chi connectivity index (χ0) is 11.9. The van der Waals surface area contributed by atoms with Gasteiger partial charge in [-0.2, -0.15) is 5.26 Å². The van der Waals surface area contributed by atoms with Crippen LogP contribution in [0, 0.1) is 16.7 Å². The van der Waals surface area contributed by atoms with Gasteiger partial charge in [-0.25, -0.2) is 0 Å². The Morgan fingerprint density at radius 1 is 0.778 bits per heavy atom. The standard InChI is InChI=1S/C17H11N/c18-9-17-14-10-5-1-3-7-12(10)15(17)16(17)13-8-4-2-6-11(13)14/h1-8,14-16H/t14?,15-,16-,17?/m1/s1. The second-order valence-corrected chi connectivity index (χ2v) is 5.69. The topological polar surface area (TPSA) is 23.8 Å². The van der Waals surface area contributed by atoms with Crippen molar-refractivity contribution in [3.8, 4) is 6.07 Å². The normalized spacial score (nSPS) is 36.5. The number of rotatable bonds is 0. The van der Waals surface area contributed by atoms with Crippen molar-refractivity contribution in [3.05, 3.63) is 70.8 Å². The molecule has 0 radical (unpaired) electrons. The Balaban J connectivity index is 1.90. The monoisotopic (exact) mass is 229 g/mol. The van der Waals surface area contributed by atoms with E-state index in [1.165, 1.54) is 22.3 Å². The summed E-state index contributed by atoms with van der Waals surface area (Å²) in [5.41, 5.74) is 5.49. The van der Waals surface area contributed by atoms with E-state index in [2.05, 4.69) is 54.6 Å². The lowest BCUT2D eigenvalue weighted by atomic mass is 9.86. The van der Waals surface area contributed by atoms with Gasteiger partial charge in [-0.1, -0.05) is 48.5 Å². The third-order valence-electron chi connectivity index (χ3n) is 5.21. The van der Waals surface area contributed by atoms with E-state index in [-0.39, 0.29) is 5.41 Å². The number of hydrogen-bond donors (Lipinski definition) is 0. The van der Waals surface area contributed by atoms with E-state index >= 15 is 0 Å². The summed E-state index contributed by atoms with van der Waals surface area (Å²) in [4.78, 5) is 0. The van der Waals surface area contributed by atoms with Gasteiger partial charge in [0.15, 0.2) is 0 Å². The van der Waals surface area contributed by atoms with Gasteiger partial charge in [0.05, 0.1) is 11.5 Å². The van der Waals surface area contributed by atoms with Gasteiger partial charge in [-0.3, -0.25) is 0 Å². The molecule has 0 unspecified atom stereocenters. The van der Waals surface area contributed by atoms with Crippen molar-refractivity contribution in [1.82, 2.24) is 0 Å². The maximum atomic E-state index is 9.74. The SMILES string of the molecule is N#CC12C3c4ccccc4[C@@H]1[C@H]2c1ccccc13. The number of nitriles is 1. The van der Waals surface area contributed by atoms with Crippen LogP contribution in [0.2, 0.25) is 0 Å². The molecule has 5 rings (SSSR count). The third-order valence-corrected chi connectivity index (χ3v) is 5.21. The van der Waals surface area contributed by atoms with Crippen molar-refractivity contribution < 1.29 is 0 Å². The van der Waals surface area contributed by atoms with Gasteiger partial charge in [0.25, 0.3) is 0 Å². The minimum absolute atomic E-state index is 0.145. The molecule has 0 heterocycles. The highest BCUT2D eigenvalue weighted by Crippen LogP contribution is 2.85. The molecule has 0 N–H and O–H groups in total. The molecular weight excluding hydrogens is 218 g/mol. The Kier molecular flexibility index (Phi) is 1.25. The Bertz CT molecular complexity index is 684. The van der Waals surface area contributed by atoms with E-state index in [4.69, 9.17) is 0 Å². The second-order valence-electron chi connectivity index (χ2n) is 5.69. The molecule has 0 aromatic heterocycles. The summed E-state index contributed by atoms with van der Waals surface area (Å²) < 4.78 is 0.